The van der Waals surface area contributed by atoms with E-state index in [1.54, 1.807) is 24.3 Å². The van der Waals surface area contributed by atoms with Crippen molar-refractivity contribution in [2.75, 3.05) is 0 Å². The van der Waals surface area contributed by atoms with Crippen molar-refractivity contribution in [3.05, 3.63) is 64.7 Å². The molecule has 0 bridgehead atoms. The molecule has 2 aromatic rings. The predicted octanol–water partition coefficient (Wildman–Crippen LogP) is 2.47. The van der Waals surface area contributed by atoms with Crippen LogP contribution in [0.25, 0.3) is 0 Å². The molecule has 0 aliphatic rings. The largest absolute Gasteiger partial charge is 0.507 e. The number of aliphatic carboxylic acids is 1. The fourth-order valence-corrected chi connectivity index (χ4v) is 2.15. The topological polar surface area (TPSA) is 86.6 Å². The highest BCUT2D eigenvalue weighted by atomic mass is 35.5. The molecule has 0 spiro atoms. The van der Waals surface area contributed by atoms with Crippen LogP contribution in [0.2, 0.25) is 5.02 Å². The highest BCUT2D eigenvalue weighted by molar-refractivity contribution is 6.31. The number of benzene rings is 2. The quantitative estimate of drug-likeness (QED) is 0.790. The molecule has 0 aliphatic heterocycles. The summed E-state index contributed by atoms with van der Waals surface area (Å²) in [5.74, 6) is -2.10. The third kappa shape index (κ3) is 3.99. The number of hydrogen-bond acceptors (Lipinski definition) is 3. The maximum atomic E-state index is 12.1. The lowest BCUT2D eigenvalue weighted by molar-refractivity contribution is -0.139. The van der Waals surface area contributed by atoms with Gasteiger partial charge in [-0.2, -0.15) is 0 Å². The van der Waals surface area contributed by atoms with Crippen LogP contribution in [-0.2, 0) is 11.2 Å². The number of phenolic OH excluding ortho intramolecular Hbond substituents is 1. The second-order valence-electron chi connectivity index (χ2n) is 4.72. The van der Waals surface area contributed by atoms with Crippen molar-refractivity contribution in [2.24, 2.45) is 0 Å². The molecule has 0 saturated carbocycles. The molecule has 1 amide bonds. The van der Waals surface area contributed by atoms with Gasteiger partial charge in [-0.25, -0.2) is 4.79 Å². The molecule has 0 radical (unpaired) electrons. The van der Waals surface area contributed by atoms with Gasteiger partial charge in [0.25, 0.3) is 5.91 Å². The van der Waals surface area contributed by atoms with Gasteiger partial charge in [0.1, 0.15) is 11.8 Å². The highest BCUT2D eigenvalue weighted by Crippen LogP contribution is 2.21. The van der Waals surface area contributed by atoms with Gasteiger partial charge in [0.2, 0.25) is 0 Å². The number of nitrogens with one attached hydrogen (secondary N) is 1. The Morgan fingerprint density at radius 1 is 1.14 bits per heavy atom. The normalized spacial score (nSPS) is 11.7. The second-order valence-corrected chi connectivity index (χ2v) is 5.15. The number of carboxylic acids is 1. The minimum Gasteiger partial charge on any atom is -0.507 e. The molecule has 0 fully saturated rings. The average Bonchev–Trinajstić information content (AvgIpc) is 2.50. The van der Waals surface area contributed by atoms with E-state index in [1.165, 1.54) is 18.2 Å². The van der Waals surface area contributed by atoms with Gasteiger partial charge in [0.15, 0.2) is 0 Å². The summed E-state index contributed by atoms with van der Waals surface area (Å²) in [5.41, 5.74) is 0.720. The van der Waals surface area contributed by atoms with Crippen LogP contribution >= 0.6 is 11.6 Å². The number of carboxylic acid groups (broad SMARTS) is 1. The molecule has 0 unspecified atom stereocenters. The fraction of sp³-hybridized carbons (Fsp3) is 0.125. The molecule has 1 atom stereocenters. The van der Waals surface area contributed by atoms with Crippen LogP contribution in [0, 0.1) is 0 Å². The van der Waals surface area contributed by atoms with Gasteiger partial charge in [-0.05, 0) is 23.8 Å². The van der Waals surface area contributed by atoms with Crippen LogP contribution in [0.4, 0.5) is 0 Å². The summed E-state index contributed by atoms with van der Waals surface area (Å²) in [6, 6.07) is 11.9. The lowest BCUT2D eigenvalue weighted by atomic mass is 10.1. The predicted molar refractivity (Wildman–Crippen MR) is 82.2 cm³/mol. The summed E-state index contributed by atoms with van der Waals surface area (Å²) >= 11 is 5.78. The first kappa shape index (κ1) is 15.9. The van der Waals surface area contributed by atoms with E-state index in [0.717, 1.165) is 5.56 Å². The minimum atomic E-state index is -1.15. The molecule has 2 rings (SSSR count). The van der Waals surface area contributed by atoms with Crippen LogP contribution < -0.4 is 5.32 Å². The van der Waals surface area contributed by atoms with Crippen LogP contribution in [0.15, 0.2) is 48.5 Å². The number of phenols is 1. The van der Waals surface area contributed by atoms with Crippen LogP contribution in [0.5, 0.6) is 5.75 Å². The fourth-order valence-electron chi connectivity index (χ4n) is 1.98. The molecule has 5 nitrogen and oxygen atoms in total. The minimum absolute atomic E-state index is 0.0631. The highest BCUT2D eigenvalue weighted by Gasteiger charge is 2.22. The third-order valence-corrected chi connectivity index (χ3v) is 3.32. The Hall–Kier alpha value is -2.53. The smallest absolute Gasteiger partial charge is 0.326 e. The van der Waals surface area contributed by atoms with E-state index in [0.29, 0.717) is 0 Å². The van der Waals surface area contributed by atoms with Crippen LogP contribution in [-0.4, -0.2) is 28.1 Å². The molecule has 0 aliphatic carbocycles. The van der Waals surface area contributed by atoms with E-state index < -0.39 is 17.9 Å². The Morgan fingerprint density at radius 2 is 1.82 bits per heavy atom. The number of rotatable bonds is 5. The Bertz CT molecular complexity index is 688. The summed E-state index contributed by atoms with van der Waals surface area (Å²) in [5, 5.41) is 21.6. The van der Waals surface area contributed by atoms with Gasteiger partial charge in [-0.15, -0.1) is 0 Å². The molecular weight excluding hydrogens is 306 g/mol. The number of carbonyl (C=O) groups excluding carboxylic acids is 1. The van der Waals surface area contributed by atoms with Gasteiger partial charge in [-0.1, -0.05) is 41.9 Å². The van der Waals surface area contributed by atoms with Gasteiger partial charge in [0, 0.05) is 11.4 Å². The second kappa shape index (κ2) is 6.95. The first-order valence-corrected chi connectivity index (χ1v) is 6.91. The zero-order valence-corrected chi connectivity index (χ0v) is 12.2. The summed E-state index contributed by atoms with van der Waals surface area (Å²) in [7, 11) is 0. The Balaban J connectivity index is 2.15. The first-order valence-electron chi connectivity index (χ1n) is 6.53. The average molecular weight is 320 g/mol. The summed E-state index contributed by atoms with van der Waals surface area (Å²) in [6.45, 7) is 0. The SMILES string of the molecule is O=C(N[C@@H](Cc1ccccc1)C(=O)O)c1cc(Cl)ccc1O. The number of amides is 1. The number of carbonyl (C=O) groups is 2. The molecule has 0 heterocycles. The first-order chi connectivity index (χ1) is 10.5. The van der Waals surface area contributed by atoms with E-state index in [2.05, 4.69) is 5.32 Å². The van der Waals surface area contributed by atoms with E-state index in [-0.39, 0.29) is 22.8 Å². The maximum Gasteiger partial charge on any atom is 0.326 e. The van der Waals surface area contributed by atoms with Crippen molar-refractivity contribution in [1.82, 2.24) is 5.32 Å². The summed E-state index contributed by atoms with van der Waals surface area (Å²) in [4.78, 5) is 23.4. The van der Waals surface area contributed by atoms with E-state index in [4.69, 9.17) is 11.6 Å². The van der Waals surface area contributed by atoms with Gasteiger partial charge in [0.05, 0.1) is 5.56 Å². The van der Waals surface area contributed by atoms with E-state index >= 15 is 0 Å². The van der Waals surface area contributed by atoms with Gasteiger partial charge in [-0.3, -0.25) is 4.79 Å². The molecule has 22 heavy (non-hydrogen) atoms. The van der Waals surface area contributed by atoms with Gasteiger partial charge < -0.3 is 15.5 Å². The third-order valence-electron chi connectivity index (χ3n) is 3.09. The maximum absolute atomic E-state index is 12.1. The molecule has 0 aromatic heterocycles. The zero-order valence-electron chi connectivity index (χ0n) is 11.5. The van der Waals surface area contributed by atoms with Crippen molar-refractivity contribution in [3.63, 3.8) is 0 Å². The van der Waals surface area contributed by atoms with Crippen molar-refractivity contribution in [3.8, 4) is 5.75 Å². The van der Waals surface area contributed by atoms with Crippen molar-refractivity contribution < 1.29 is 19.8 Å². The molecule has 114 valence electrons. The zero-order chi connectivity index (χ0) is 16.1. The molecule has 0 saturated heterocycles. The number of hydrogen-bond donors (Lipinski definition) is 3. The molecule has 3 N–H and O–H groups in total. The number of aromatic hydroxyl groups is 1. The summed E-state index contributed by atoms with van der Waals surface area (Å²) in [6.07, 6.45) is 0.142. The van der Waals surface area contributed by atoms with Crippen molar-refractivity contribution >= 4 is 23.5 Å². The Morgan fingerprint density at radius 3 is 2.45 bits per heavy atom. The Kier molecular flexibility index (Phi) is 5.01. The van der Waals surface area contributed by atoms with Crippen molar-refractivity contribution in [2.45, 2.75) is 12.5 Å². The molecular formula is C16H14ClNO4. The van der Waals surface area contributed by atoms with Crippen LogP contribution in [0.1, 0.15) is 15.9 Å². The summed E-state index contributed by atoms with van der Waals surface area (Å²) < 4.78 is 0. The Labute approximate surface area is 132 Å². The van der Waals surface area contributed by atoms with Crippen molar-refractivity contribution in [1.29, 1.82) is 0 Å². The number of halogens is 1. The van der Waals surface area contributed by atoms with Crippen LogP contribution in [0.3, 0.4) is 0 Å². The molecule has 2 aromatic carbocycles. The van der Waals surface area contributed by atoms with Gasteiger partial charge >= 0.3 is 5.97 Å². The lowest BCUT2D eigenvalue weighted by Crippen LogP contribution is -2.42. The lowest BCUT2D eigenvalue weighted by Gasteiger charge is -2.15. The monoisotopic (exact) mass is 319 g/mol. The van der Waals surface area contributed by atoms with E-state index in [9.17, 15) is 19.8 Å². The standard InChI is InChI=1S/C16H14ClNO4/c17-11-6-7-14(19)12(9-11)15(20)18-13(16(21)22)8-10-4-2-1-3-5-10/h1-7,9,13,19H,8H2,(H,18,20)(H,21,22)/t13-/m0/s1. The van der Waals surface area contributed by atoms with E-state index in [1.807, 2.05) is 6.07 Å². The molecule has 6 heteroatoms.